The molecule has 69 valence electrons. The van der Waals surface area contributed by atoms with Crippen LogP contribution in [0.2, 0.25) is 0 Å². The van der Waals surface area contributed by atoms with Crippen LogP contribution in [0, 0.1) is 38.7 Å². The van der Waals surface area contributed by atoms with Gasteiger partial charge in [-0.05, 0) is 27.7 Å². The Bertz CT molecular complexity index is 141. The first-order chi connectivity index (χ1) is 4.86. The van der Waals surface area contributed by atoms with Gasteiger partial charge in [0.05, 0.1) is 0 Å². The topological polar surface area (TPSA) is 23.5 Å². The van der Waals surface area contributed by atoms with Crippen molar-refractivity contribution in [3.05, 3.63) is 6.42 Å². The molecule has 1 fully saturated rings. The maximum absolute atomic E-state index is 9.78. The molecule has 1 saturated heterocycles. The molecule has 3 heteroatoms. The molecule has 0 amide bonds. The normalized spacial score (nSPS) is 27.8. The van der Waals surface area contributed by atoms with E-state index in [1.165, 1.54) is 5.06 Å². The van der Waals surface area contributed by atoms with Crippen LogP contribution < -0.4 is 0 Å². The molecule has 0 aromatic heterocycles. The van der Waals surface area contributed by atoms with Crippen LogP contribution in [0.25, 0.3) is 0 Å². The van der Waals surface area contributed by atoms with E-state index in [1.807, 2.05) is 0 Å². The maximum Gasteiger partial charge on any atom is 0.0141 e. The summed E-state index contributed by atoms with van der Waals surface area (Å²) >= 11 is 0. The molecule has 1 radical (unpaired) electrons. The molecule has 0 spiro atoms. The van der Waals surface area contributed by atoms with Crippen LogP contribution in [0.4, 0.5) is 0 Å². The van der Waals surface area contributed by atoms with Gasteiger partial charge in [-0.3, -0.25) is 0 Å². The standard InChI is InChI=1S/C9H18NO.Pa/c1-8(2)6-5-7-9(3,4)10(8)11;/h5,11H,6-7H2,1-4H3;/q-1;. The summed E-state index contributed by atoms with van der Waals surface area (Å²) in [5.41, 5.74) is -0.191. The quantitative estimate of drug-likeness (QED) is 0.645. The molecule has 1 heterocycles. The molecule has 1 aliphatic rings. The summed E-state index contributed by atoms with van der Waals surface area (Å²) in [4.78, 5) is 0. The Hall–Kier alpha value is 1.01. The van der Waals surface area contributed by atoms with Gasteiger partial charge in [0, 0.05) is 43.4 Å². The third kappa shape index (κ3) is 2.50. The zero-order valence-corrected chi connectivity index (χ0v) is 13.3. The Kier molecular flexibility index (Phi) is 4.37. The second-order valence-electron chi connectivity index (χ2n) is 4.63. The molecule has 0 aromatic rings. The van der Waals surface area contributed by atoms with E-state index in [0.29, 0.717) is 0 Å². The van der Waals surface area contributed by atoms with Gasteiger partial charge in [-0.25, -0.2) is 0 Å². The van der Waals surface area contributed by atoms with E-state index in [1.54, 1.807) is 0 Å². The van der Waals surface area contributed by atoms with Crippen LogP contribution in [0.3, 0.4) is 0 Å². The average Bonchev–Trinajstić information content (AvgIpc) is 1.82. The van der Waals surface area contributed by atoms with Crippen LogP contribution in [0.15, 0.2) is 0 Å². The molecule has 0 bridgehead atoms. The predicted molar refractivity (Wildman–Crippen MR) is 45.3 cm³/mol. The van der Waals surface area contributed by atoms with Crippen LogP contribution in [0.1, 0.15) is 40.5 Å². The smallest absolute Gasteiger partial charge is 0.0141 e. The van der Waals surface area contributed by atoms with E-state index >= 15 is 0 Å². The number of hydrogen-bond acceptors (Lipinski definition) is 2. The molecule has 12 heavy (non-hydrogen) atoms. The number of rotatable bonds is 0. The first-order valence-corrected chi connectivity index (χ1v) is 4.17. The van der Waals surface area contributed by atoms with Crippen molar-refractivity contribution in [1.82, 2.24) is 5.06 Å². The summed E-state index contributed by atoms with van der Waals surface area (Å²) < 4.78 is 0. The minimum atomic E-state index is -0.0955. The average molecular weight is 387 g/mol. The molecule has 1 N–H and O–H groups in total. The minimum absolute atomic E-state index is 0. The molecule has 0 aromatic carbocycles. The van der Waals surface area contributed by atoms with Gasteiger partial charge < -0.3 is 11.6 Å². The fourth-order valence-corrected chi connectivity index (χ4v) is 1.77. The Morgan fingerprint density at radius 2 is 1.42 bits per heavy atom. The summed E-state index contributed by atoms with van der Waals surface area (Å²) in [5.74, 6) is 0. The van der Waals surface area contributed by atoms with Crippen molar-refractivity contribution in [3.8, 4) is 0 Å². The molecule has 0 aliphatic carbocycles. The van der Waals surface area contributed by atoms with E-state index in [4.69, 9.17) is 0 Å². The third-order valence-electron chi connectivity index (χ3n) is 2.43. The maximum atomic E-state index is 9.78. The van der Waals surface area contributed by atoms with E-state index in [0.717, 1.165) is 12.8 Å². The number of hydroxylamine groups is 2. The van der Waals surface area contributed by atoms with Gasteiger partial charge >= 0.3 is 0 Å². The minimum Gasteiger partial charge on any atom is -0.325 e. The molecule has 2 nitrogen and oxygen atoms in total. The second kappa shape index (κ2) is 4.03. The van der Waals surface area contributed by atoms with E-state index in [2.05, 4.69) is 34.1 Å². The fourth-order valence-electron chi connectivity index (χ4n) is 1.77. The van der Waals surface area contributed by atoms with Crippen molar-refractivity contribution in [1.29, 1.82) is 0 Å². The summed E-state index contributed by atoms with van der Waals surface area (Å²) in [5, 5.41) is 11.3. The molecular weight excluding hydrogens is 369 g/mol. The summed E-state index contributed by atoms with van der Waals surface area (Å²) in [7, 11) is 0. The SMILES string of the molecule is CC1(C)C[CH-]CC(C)(C)N1O.[Pa]. The van der Waals surface area contributed by atoms with Gasteiger partial charge in [0.25, 0.3) is 0 Å². The summed E-state index contributed by atoms with van der Waals surface area (Å²) in [6, 6.07) is 0. The predicted octanol–water partition coefficient (Wildman–Crippen LogP) is 2.23. The third-order valence-corrected chi connectivity index (χ3v) is 2.43. The van der Waals surface area contributed by atoms with Crippen LogP contribution in [-0.4, -0.2) is 21.3 Å². The Morgan fingerprint density at radius 1 is 1.08 bits per heavy atom. The first kappa shape index (κ1) is 13.0. The number of piperidine rings is 1. The second-order valence-corrected chi connectivity index (χ2v) is 4.63. The fraction of sp³-hybridized carbons (Fsp3) is 0.889. The Morgan fingerprint density at radius 3 is 1.67 bits per heavy atom. The van der Waals surface area contributed by atoms with E-state index in [-0.39, 0.29) is 43.4 Å². The van der Waals surface area contributed by atoms with Gasteiger partial charge in [0.1, 0.15) is 0 Å². The first-order valence-electron chi connectivity index (χ1n) is 4.17. The van der Waals surface area contributed by atoms with E-state index < -0.39 is 0 Å². The molecular formula is C9H18NOPa-. The van der Waals surface area contributed by atoms with E-state index in [9.17, 15) is 5.21 Å². The van der Waals surface area contributed by atoms with Gasteiger partial charge in [0.15, 0.2) is 0 Å². The zero-order valence-electron chi connectivity index (χ0n) is 8.46. The molecule has 0 unspecified atom stereocenters. The largest absolute Gasteiger partial charge is 0.325 e. The number of nitrogens with zero attached hydrogens (tertiary/aromatic N) is 1. The number of hydrogen-bond donors (Lipinski definition) is 1. The van der Waals surface area contributed by atoms with Crippen molar-refractivity contribution in [2.75, 3.05) is 0 Å². The molecule has 0 saturated carbocycles. The summed E-state index contributed by atoms with van der Waals surface area (Å²) in [6.07, 6.45) is 4.19. The Balaban J connectivity index is 0.00000121. The van der Waals surface area contributed by atoms with Crippen molar-refractivity contribution in [2.45, 2.75) is 51.6 Å². The van der Waals surface area contributed by atoms with Crippen molar-refractivity contribution < 1.29 is 37.5 Å². The van der Waals surface area contributed by atoms with Crippen LogP contribution >= 0.6 is 0 Å². The molecule has 0 atom stereocenters. The van der Waals surface area contributed by atoms with Crippen molar-refractivity contribution >= 4 is 0 Å². The van der Waals surface area contributed by atoms with Gasteiger partial charge in [-0.1, -0.05) is 0 Å². The van der Waals surface area contributed by atoms with Crippen molar-refractivity contribution in [3.63, 3.8) is 0 Å². The summed E-state index contributed by atoms with van der Waals surface area (Å²) in [6.45, 7) is 8.24. The van der Waals surface area contributed by atoms with Crippen LogP contribution in [0.5, 0.6) is 0 Å². The van der Waals surface area contributed by atoms with Crippen LogP contribution in [-0.2, 0) is 0 Å². The molecule has 1 aliphatic heterocycles. The van der Waals surface area contributed by atoms with Crippen molar-refractivity contribution in [2.24, 2.45) is 0 Å². The van der Waals surface area contributed by atoms with Gasteiger partial charge in [0.2, 0.25) is 0 Å². The monoisotopic (exact) mass is 387 g/mol. The van der Waals surface area contributed by atoms with Gasteiger partial charge in [-0.15, -0.1) is 0 Å². The Labute approximate surface area is 100 Å². The van der Waals surface area contributed by atoms with Gasteiger partial charge in [-0.2, -0.15) is 17.9 Å². The zero-order chi connectivity index (χ0) is 8.70. The molecule has 1 rings (SSSR count).